The van der Waals surface area contributed by atoms with Gasteiger partial charge in [0.1, 0.15) is 6.04 Å². The Hall–Kier alpha value is -3.48. The molecule has 0 aromatic heterocycles. The Labute approximate surface area is 168 Å². The van der Waals surface area contributed by atoms with Crippen molar-refractivity contribution in [1.29, 1.82) is 0 Å². The zero-order valence-corrected chi connectivity index (χ0v) is 16.0. The Morgan fingerprint density at radius 2 is 1.72 bits per heavy atom. The van der Waals surface area contributed by atoms with Crippen LogP contribution in [0.4, 0.5) is 5.69 Å². The predicted molar refractivity (Wildman–Crippen MR) is 106 cm³/mol. The molecule has 1 fully saturated rings. The molecule has 4 amide bonds. The molecule has 2 aromatic carbocycles. The lowest BCUT2D eigenvalue weighted by molar-refractivity contribution is -0.136. The third kappa shape index (κ3) is 3.40. The van der Waals surface area contributed by atoms with Gasteiger partial charge in [0, 0.05) is 18.7 Å². The standard InChI is InChI=1S/C22H21N3O4/c1-2-13-6-8-14(9-7-13)12-23-16-5-3-4-15-19(16)22(29)25(21(15)28)17-10-11-18(26)24-20(17)27/h3-9,17,23H,2,10-12H2,1H3,(H,24,26,27). The molecule has 1 unspecified atom stereocenters. The quantitative estimate of drug-likeness (QED) is 0.763. The van der Waals surface area contributed by atoms with Gasteiger partial charge in [0.15, 0.2) is 0 Å². The van der Waals surface area contributed by atoms with E-state index in [1.54, 1.807) is 18.2 Å². The van der Waals surface area contributed by atoms with E-state index in [1.165, 1.54) is 5.56 Å². The molecule has 0 saturated carbocycles. The normalized spacial score (nSPS) is 18.7. The van der Waals surface area contributed by atoms with E-state index in [9.17, 15) is 19.2 Å². The topological polar surface area (TPSA) is 95.6 Å². The van der Waals surface area contributed by atoms with Gasteiger partial charge in [-0.1, -0.05) is 37.3 Å². The Kier molecular flexibility index (Phi) is 4.88. The minimum atomic E-state index is -0.963. The number of amides is 4. The fourth-order valence-electron chi connectivity index (χ4n) is 3.75. The monoisotopic (exact) mass is 391 g/mol. The summed E-state index contributed by atoms with van der Waals surface area (Å²) in [5, 5.41) is 5.44. The van der Waals surface area contributed by atoms with E-state index < -0.39 is 23.8 Å². The fourth-order valence-corrected chi connectivity index (χ4v) is 3.75. The van der Waals surface area contributed by atoms with Crippen molar-refractivity contribution in [2.24, 2.45) is 0 Å². The number of aryl methyl sites for hydroxylation is 1. The highest BCUT2D eigenvalue weighted by molar-refractivity contribution is 6.25. The van der Waals surface area contributed by atoms with Crippen LogP contribution < -0.4 is 10.6 Å². The van der Waals surface area contributed by atoms with Gasteiger partial charge in [-0.3, -0.25) is 29.4 Å². The minimum Gasteiger partial charge on any atom is -0.380 e. The molecule has 1 saturated heterocycles. The van der Waals surface area contributed by atoms with Crippen LogP contribution in [-0.4, -0.2) is 34.6 Å². The van der Waals surface area contributed by atoms with E-state index >= 15 is 0 Å². The maximum Gasteiger partial charge on any atom is 0.264 e. The third-order valence-corrected chi connectivity index (χ3v) is 5.38. The van der Waals surface area contributed by atoms with Crippen molar-refractivity contribution in [2.45, 2.75) is 38.8 Å². The van der Waals surface area contributed by atoms with Crippen molar-refractivity contribution in [1.82, 2.24) is 10.2 Å². The maximum atomic E-state index is 13.0. The van der Waals surface area contributed by atoms with Crippen LogP contribution in [0.15, 0.2) is 42.5 Å². The van der Waals surface area contributed by atoms with Crippen molar-refractivity contribution >= 4 is 29.3 Å². The van der Waals surface area contributed by atoms with Gasteiger partial charge in [0.05, 0.1) is 11.1 Å². The Balaban J connectivity index is 1.57. The summed E-state index contributed by atoms with van der Waals surface area (Å²) in [6.45, 7) is 2.59. The van der Waals surface area contributed by atoms with Crippen LogP contribution in [0, 0.1) is 0 Å². The highest BCUT2D eigenvalue weighted by Crippen LogP contribution is 2.32. The highest BCUT2D eigenvalue weighted by Gasteiger charge is 2.45. The summed E-state index contributed by atoms with van der Waals surface area (Å²) in [7, 11) is 0. The second kappa shape index (κ2) is 7.50. The number of carbonyl (C=O) groups is 4. The van der Waals surface area contributed by atoms with Crippen LogP contribution in [0.1, 0.15) is 51.6 Å². The average molecular weight is 391 g/mol. The summed E-state index contributed by atoms with van der Waals surface area (Å²) in [6.07, 6.45) is 1.21. The number of imide groups is 2. The zero-order valence-electron chi connectivity index (χ0n) is 16.0. The molecule has 0 spiro atoms. The number of anilines is 1. The maximum absolute atomic E-state index is 13.0. The summed E-state index contributed by atoms with van der Waals surface area (Å²) in [4.78, 5) is 50.5. The second-order valence-corrected chi connectivity index (χ2v) is 7.20. The zero-order chi connectivity index (χ0) is 20.5. The number of hydrogen-bond acceptors (Lipinski definition) is 5. The first-order valence-electron chi connectivity index (χ1n) is 9.66. The van der Waals surface area contributed by atoms with E-state index in [1.807, 2.05) is 12.1 Å². The number of benzene rings is 2. The Morgan fingerprint density at radius 3 is 2.41 bits per heavy atom. The van der Waals surface area contributed by atoms with Gasteiger partial charge < -0.3 is 5.32 Å². The van der Waals surface area contributed by atoms with Crippen molar-refractivity contribution in [3.05, 3.63) is 64.7 Å². The smallest absolute Gasteiger partial charge is 0.264 e. The molecule has 2 aromatic rings. The molecule has 2 N–H and O–H groups in total. The SMILES string of the molecule is CCc1ccc(CNc2cccc3c2C(=O)N(C2CCC(=O)NC2=O)C3=O)cc1. The molecule has 0 radical (unpaired) electrons. The molecule has 0 aliphatic carbocycles. The molecular weight excluding hydrogens is 370 g/mol. The Morgan fingerprint density at radius 1 is 1.00 bits per heavy atom. The van der Waals surface area contributed by atoms with Gasteiger partial charge in [0.2, 0.25) is 11.8 Å². The van der Waals surface area contributed by atoms with Gasteiger partial charge in [-0.25, -0.2) is 0 Å². The summed E-state index contributed by atoms with van der Waals surface area (Å²) < 4.78 is 0. The molecule has 2 aliphatic rings. The lowest BCUT2D eigenvalue weighted by Crippen LogP contribution is -2.54. The lowest BCUT2D eigenvalue weighted by Gasteiger charge is -2.27. The first kappa shape index (κ1) is 18.9. The van der Waals surface area contributed by atoms with Crippen LogP contribution >= 0.6 is 0 Å². The van der Waals surface area contributed by atoms with E-state index in [0.717, 1.165) is 16.9 Å². The second-order valence-electron chi connectivity index (χ2n) is 7.20. The van der Waals surface area contributed by atoms with Gasteiger partial charge in [0.25, 0.3) is 11.8 Å². The Bertz CT molecular complexity index is 1010. The van der Waals surface area contributed by atoms with Gasteiger partial charge >= 0.3 is 0 Å². The molecule has 1 atom stereocenters. The fraction of sp³-hybridized carbons (Fsp3) is 0.273. The number of nitrogens with zero attached hydrogens (tertiary/aromatic N) is 1. The van der Waals surface area contributed by atoms with Gasteiger partial charge in [-0.05, 0) is 36.1 Å². The molecule has 148 valence electrons. The van der Waals surface area contributed by atoms with Crippen molar-refractivity contribution in [3.63, 3.8) is 0 Å². The molecule has 7 nitrogen and oxygen atoms in total. The molecule has 7 heteroatoms. The number of rotatable bonds is 5. The van der Waals surface area contributed by atoms with Crippen molar-refractivity contribution in [2.75, 3.05) is 5.32 Å². The van der Waals surface area contributed by atoms with Crippen LogP contribution in [0.25, 0.3) is 0 Å². The first-order valence-corrected chi connectivity index (χ1v) is 9.66. The molecule has 29 heavy (non-hydrogen) atoms. The summed E-state index contributed by atoms with van der Waals surface area (Å²) in [6, 6.07) is 12.3. The van der Waals surface area contributed by atoms with Crippen LogP contribution in [0.2, 0.25) is 0 Å². The highest BCUT2D eigenvalue weighted by atomic mass is 16.2. The lowest BCUT2D eigenvalue weighted by atomic mass is 10.0. The molecule has 2 aliphatic heterocycles. The molecular formula is C22H21N3O4. The van der Waals surface area contributed by atoms with Gasteiger partial charge in [-0.2, -0.15) is 0 Å². The van der Waals surface area contributed by atoms with E-state index in [-0.39, 0.29) is 29.9 Å². The summed E-state index contributed by atoms with van der Waals surface area (Å²) in [5.74, 6) is -2.01. The number of hydrogen-bond donors (Lipinski definition) is 2. The summed E-state index contributed by atoms with van der Waals surface area (Å²) >= 11 is 0. The van der Waals surface area contributed by atoms with Crippen molar-refractivity contribution in [3.8, 4) is 0 Å². The third-order valence-electron chi connectivity index (χ3n) is 5.38. The van der Waals surface area contributed by atoms with Crippen molar-refractivity contribution < 1.29 is 19.2 Å². The van der Waals surface area contributed by atoms with E-state index in [4.69, 9.17) is 0 Å². The van der Waals surface area contributed by atoms with Crippen LogP contribution in [0.3, 0.4) is 0 Å². The number of nitrogens with one attached hydrogen (secondary N) is 2. The predicted octanol–water partition coefficient (Wildman–Crippen LogP) is 2.26. The largest absolute Gasteiger partial charge is 0.380 e. The van der Waals surface area contributed by atoms with Crippen LogP contribution in [-0.2, 0) is 22.6 Å². The average Bonchev–Trinajstić information content (AvgIpc) is 2.98. The first-order chi connectivity index (χ1) is 14.0. The van der Waals surface area contributed by atoms with Crippen LogP contribution in [0.5, 0.6) is 0 Å². The molecule has 0 bridgehead atoms. The molecule has 4 rings (SSSR count). The number of piperidine rings is 1. The molecule has 2 heterocycles. The van der Waals surface area contributed by atoms with E-state index in [2.05, 4.69) is 29.7 Å². The minimum absolute atomic E-state index is 0.0999. The van der Waals surface area contributed by atoms with E-state index in [0.29, 0.717) is 12.2 Å². The number of carbonyl (C=O) groups excluding carboxylic acids is 4. The number of fused-ring (bicyclic) bond motifs is 1. The summed E-state index contributed by atoms with van der Waals surface area (Å²) in [5.41, 5.74) is 3.39. The van der Waals surface area contributed by atoms with Gasteiger partial charge in [-0.15, -0.1) is 0 Å².